The largest absolute Gasteiger partial charge is 0.270 e. The number of hydrogen-bond acceptors (Lipinski definition) is 5. The molecule has 1 aromatic rings. The Morgan fingerprint density at radius 2 is 2.05 bits per heavy atom. The third-order valence-corrected chi connectivity index (χ3v) is 4.22. The number of hydrogen-bond donors (Lipinski definition) is 1. The molecule has 0 aliphatic rings. The monoisotopic (exact) mass is 303 g/mol. The molecule has 0 saturated carbocycles. The van der Waals surface area contributed by atoms with Crippen LogP contribution in [-0.4, -0.2) is 18.9 Å². The summed E-state index contributed by atoms with van der Waals surface area (Å²) in [6.45, 7) is 2.71. The van der Waals surface area contributed by atoms with Crippen molar-refractivity contribution in [2.75, 3.05) is 0 Å². The number of nitriles is 1. The number of sulfonamides is 1. The molecular weight excluding hydrogens is 294 g/mol. The summed E-state index contributed by atoms with van der Waals surface area (Å²) in [5.41, 5.74) is -1.76. The Labute approximate surface area is 115 Å². The molecule has 0 saturated heterocycles. The Morgan fingerprint density at radius 3 is 2.53 bits per heavy atom. The first-order valence-corrected chi connectivity index (χ1v) is 6.84. The summed E-state index contributed by atoms with van der Waals surface area (Å²) < 4.78 is 26.2. The maximum absolute atomic E-state index is 12.0. The minimum absolute atomic E-state index is 0.160. The number of non-ortho nitro benzene ring substituents is 1. The van der Waals surface area contributed by atoms with Crippen molar-refractivity contribution >= 4 is 27.3 Å². The molecule has 1 aromatic carbocycles. The fourth-order valence-corrected chi connectivity index (χ4v) is 3.08. The smallest absolute Gasteiger partial charge is 0.258 e. The van der Waals surface area contributed by atoms with Crippen LogP contribution in [-0.2, 0) is 10.0 Å². The van der Waals surface area contributed by atoms with Gasteiger partial charge in [0.15, 0.2) is 0 Å². The maximum atomic E-state index is 12.0. The van der Waals surface area contributed by atoms with E-state index in [0.29, 0.717) is 0 Å². The van der Waals surface area contributed by atoms with Gasteiger partial charge < -0.3 is 0 Å². The zero-order valence-electron chi connectivity index (χ0n) is 10.0. The molecule has 0 fully saturated rings. The molecule has 0 bridgehead atoms. The molecule has 0 radical (unpaired) electrons. The summed E-state index contributed by atoms with van der Waals surface area (Å²) in [5, 5.41) is 19.3. The van der Waals surface area contributed by atoms with Gasteiger partial charge in [0.1, 0.15) is 10.4 Å². The molecule has 0 spiro atoms. The summed E-state index contributed by atoms with van der Waals surface area (Å²) in [5.74, 6) is 0. The quantitative estimate of drug-likeness (QED) is 0.673. The lowest BCUT2D eigenvalue weighted by atomic mass is 10.1. The van der Waals surface area contributed by atoms with Crippen molar-refractivity contribution in [2.24, 2.45) is 0 Å². The molecule has 0 aromatic heterocycles. The van der Waals surface area contributed by atoms with E-state index >= 15 is 0 Å². The van der Waals surface area contributed by atoms with Crippen LogP contribution in [0.5, 0.6) is 0 Å². The van der Waals surface area contributed by atoms with Crippen LogP contribution in [0, 0.1) is 21.4 Å². The molecule has 0 amide bonds. The van der Waals surface area contributed by atoms with Crippen molar-refractivity contribution in [3.8, 4) is 6.07 Å². The molecule has 7 nitrogen and oxygen atoms in total. The molecule has 0 heterocycles. The molecule has 0 aliphatic heterocycles. The second-order valence-electron chi connectivity index (χ2n) is 4.21. The van der Waals surface area contributed by atoms with Gasteiger partial charge in [0, 0.05) is 12.1 Å². The van der Waals surface area contributed by atoms with Gasteiger partial charge in [-0.15, -0.1) is 0 Å². The number of halogens is 1. The average molecular weight is 304 g/mol. The standard InChI is InChI=1S/C10H10ClN3O4S/c1-10(2,6-12)13-19(17,18)9-5-7(14(15)16)3-4-8(9)11/h3-5,13H,1-2H3. The number of nitrogens with one attached hydrogen (secondary N) is 1. The fraction of sp³-hybridized carbons (Fsp3) is 0.300. The van der Waals surface area contributed by atoms with Gasteiger partial charge >= 0.3 is 0 Å². The second-order valence-corrected chi connectivity index (χ2v) is 6.27. The first-order valence-electron chi connectivity index (χ1n) is 4.98. The first-order chi connectivity index (χ1) is 8.59. The van der Waals surface area contributed by atoms with Crippen molar-refractivity contribution < 1.29 is 13.3 Å². The highest BCUT2D eigenvalue weighted by molar-refractivity contribution is 7.89. The Kier molecular flexibility index (Phi) is 4.15. The number of benzene rings is 1. The van der Waals surface area contributed by atoms with E-state index in [1.807, 2.05) is 0 Å². The van der Waals surface area contributed by atoms with Crippen molar-refractivity contribution in [2.45, 2.75) is 24.3 Å². The lowest BCUT2D eigenvalue weighted by molar-refractivity contribution is -0.385. The van der Waals surface area contributed by atoms with Crippen LogP contribution in [0.3, 0.4) is 0 Å². The first kappa shape index (κ1) is 15.4. The van der Waals surface area contributed by atoms with Gasteiger partial charge in [-0.05, 0) is 19.9 Å². The summed E-state index contributed by atoms with van der Waals surface area (Å²) in [6.07, 6.45) is 0. The van der Waals surface area contributed by atoms with E-state index in [-0.39, 0.29) is 5.02 Å². The average Bonchev–Trinajstić information content (AvgIpc) is 2.27. The molecule has 0 atom stereocenters. The number of nitro groups is 1. The van der Waals surface area contributed by atoms with Gasteiger partial charge in [-0.3, -0.25) is 10.1 Å². The van der Waals surface area contributed by atoms with Gasteiger partial charge in [0.25, 0.3) is 5.69 Å². The van der Waals surface area contributed by atoms with E-state index in [1.165, 1.54) is 13.8 Å². The molecule has 0 aliphatic carbocycles. The Balaban J connectivity index is 3.33. The van der Waals surface area contributed by atoms with Gasteiger partial charge in [0.05, 0.1) is 16.0 Å². The van der Waals surface area contributed by atoms with Crippen LogP contribution in [0.4, 0.5) is 5.69 Å². The minimum atomic E-state index is -4.13. The lowest BCUT2D eigenvalue weighted by Crippen LogP contribution is -2.42. The maximum Gasteiger partial charge on any atom is 0.270 e. The van der Waals surface area contributed by atoms with Crippen molar-refractivity contribution in [3.63, 3.8) is 0 Å². The molecule has 1 rings (SSSR count). The molecule has 9 heteroatoms. The highest BCUT2D eigenvalue weighted by Crippen LogP contribution is 2.26. The van der Waals surface area contributed by atoms with E-state index in [0.717, 1.165) is 18.2 Å². The topological polar surface area (TPSA) is 113 Å². The third kappa shape index (κ3) is 3.64. The normalized spacial score (nSPS) is 11.9. The van der Waals surface area contributed by atoms with Crippen molar-refractivity contribution in [1.82, 2.24) is 4.72 Å². The van der Waals surface area contributed by atoms with Gasteiger partial charge in [0.2, 0.25) is 10.0 Å². The molecular formula is C10H10ClN3O4S. The van der Waals surface area contributed by atoms with E-state index in [4.69, 9.17) is 16.9 Å². The number of rotatable bonds is 4. The molecule has 19 heavy (non-hydrogen) atoms. The summed E-state index contributed by atoms with van der Waals surface area (Å²) in [6, 6.07) is 4.81. The predicted octanol–water partition coefficient (Wildman–Crippen LogP) is 1.83. The summed E-state index contributed by atoms with van der Waals surface area (Å²) >= 11 is 5.73. The SMILES string of the molecule is CC(C)(C#N)NS(=O)(=O)c1cc([N+](=O)[O-])ccc1Cl. The molecule has 0 unspecified atom stereocenters. The van der Waals surface area contributed by atoms with Crippen molar-refractivity contribution in [3.05, 3.63) is 33.3 Å². The second kappa shape index (κ2) is 5.13. The molecule has 102 valence electrons. The van der Waals surface area contributed by atoms with E-state index in [2.05, 4.69) is 4.72 Å². The van der Waals surface area contributed by atoms with E-state index in [1.54, 1.807) is 6.07 Å². The van der Waals surface area contributed by atoms with Crippen LogP contribution < -0.4 is 4.72 Å². The summed E-state index contributed by atoms with van der Waals surface area (Å²) in [7, 11) is -4.13. The van der Waals surface area contributed by atoms with Crippen LogP contribution in [0.2, 0.25) is 5.02 Å². The third-order valence-electron chi connectivity index (χ3n) is 2.08. The Morgan fingerprint density at radius 1 is 1.47 bits per heavy atom. The van der Waals surface area contributed by atoms with Gasteiger partial charge in [-0.1, -0.05) is 11.6 Å². The van der Waals surface area contributed by atoms with Crippen LogP contribution >= 0.6 is 11.6 Å². The number of nitrogens with zero attached hydrogens (tertiary/aromatic N) is 2. The lowest BCUT2D eigenvalue weighted by Gasteiger charge is -2.17. The predicted molar refractivity (Wildman–Crippen MR) is 68.1 cm³/mol. The van der Waals surface area contributed by atoms with Gasteiger partial charge in [-0.25, -0.2) is 8.42 Å². The number of nitro benzene ring substituents is 1. The van der Waals surface area contributed by atoms with E-state index in [9.17, 15) is 18.5 Å². The zero-order valence-corrected chi connectivity index (χ0v) is 11.6. The fourth-order valence-electron chi connectivity index (χ4n) is 1.23. The Hall–Kier alpha value is -1.69. The molecule has 1 N–H and O–H groups in total. The van der Waals surface area contributed by atoms with Crippen LogP contribution in [0.15, 0.2) is 23.1 Å². The Bertz CT molecular complexity index is 664. The van der Waals surface area contributed by atoms with E-state index < -0.39 is 31.1 Å². The highest BCUT2D eigenvalue weighted by Gasteiger charge is 2.28. The summed E-state index contributed by atoms with van der Waals surface area (Å²) in [4.78, 5) is 9.46. The van der Waals surface area contributed by atoms with Gasteiger partial charge in [-0.2, -0.15) is 9.98 Å². The van der Waals surface area contributed by atoms with Crippen LogP contribution in [0.1, 0.15) is 13.8 Å². The van der Waals surface area contributed by atoms with Crippen LogP contribution in [0.25, 0.3) is 0 Å². The highest BCUT2D eigenvalue weighted by atomic mass is 35.5. The minimum Gasteiger partial charge on any atom is -0.258 e. The zero-order chi connectivity index (χ0) is 14.8. The van der Waals surface area contributed by atoms with Crippen molar-refractivity contribution in [1.29, 1.82) is 5.26 Å².